The third kappa shape index (κ3) is 5.36. The van der Waals surface area contributed by atoms with Crippen LogP contribution in [0.15, 0.2) is 42.0 Å². The van der Waals surface area contributed by atoms with Crippen molar-refractivity contribution in [3.63, 3.8) is 0 Å². The number of hydrogen-bond acceptors (Lipinski definition) is 8. The number of piperidine rings is 1. The summed E-state index contributed by atoms with van der Waals surface area (Å²) in [5.74, 6) is 0.174. The molecule has 1 atom stereocenters. The fraction of sp³-hybridized carbons (Fsp3) is 0.385. The van der Waals surface area contributed by atoms with E-state index >= 15 is 0 Å². The summed E-state index contributed by atoms with van der Waals surface area (Å²) in [6.45, 7) is 6.75. The van der Waals surface area contributed by atoms with Crippen molar-refractivity contribution in [1.82, 2.24) is 24.3 Å². The molecular weight excluding hydrogens is 495 g/mol. The number of benzene rings is 1. The van der Waals surface area contributed by atoms with Crippen molar-refractivity contribution in [2.75, 3.05) is 25.5 Å². The average molecular weight is 525 g/mol. The van der Waals surface area contributed by atoms with Gasteiger partial charge in [0.2, 0.25) is 5.95 Å². The molecular formula is C26H29FN6O3S. The van der Waals surface area contributed by atoms with Crippen molar-refractivity contribution in [1.29, 1.82) is 0 Å². The maximum absolute atomic E-state index is 14.1. The number of likely N-dealkylation sites (tertiary alicyclic amines) is 1. The first kappa shape index (κ1) is 24.9. The number of methoxy groups -OCH3 is 1. The fourth-order valence-corrected chi connectivity index (χ4v) is 5.08. The van der Waals surface area contributed by atoms with E-state index in [0.29, 0.717) is 30.4 Å². The Kier molecular flexibility index (Phi) is 6.72. The molecule has 5 rings (SSSR count). The molecule has 1 N–H and O–H groups in total. The summed E-state index contributed by atoms with van der Waals surface area (Å²) < 4.78 is 26.8. The number of carbonyl (C=O) groups excluding carboxylic acids is 1. The van der Waals surface area contributed by atoms with E-state index in [4.69, 9.17) is 19.4 Å². The first-order valence-corrected chi connectivity index (χ1v) is 13.0. The third-order valence-electron chi connectivity index (χ3n) is 5.99. The highest BCUT2D eigenvalue weighted by atomic mass is 32.1. The van der Waals surface area contributed by atoms with Gasteiger partial charge in [-0.2, -0.15) is 0 Å². The van der Waals surface area contributed by atoms with Gasteiger partial charge in [-0.05, 0) is 57.9 Å². The van der Waals surface area contributed by atoms with E-state index in [1.54, 1.807) is 23.2 Å². The lowest BCUT2D eigenvalue weighted by Gasteiger charge is -2.34. The van der Waals surface area contributed by atoms with Crippen LogP contribution in [0.4, 0.5) is 15.1 Å². The monoisotopic (exact) mass is 524 g/mol. The Morgan fingerprint density at radius 3 is 2.86 bits per heavy atom. The first-order valence-electron chi connectivity index (χ1n) is 12.1. The molecule has 1 fully saturated rings. The predicted molar refractivity (Wildman–Crippen MR) is 140 cm³/mol. The average Bonchev–Trinajstić information content (AvgIpc) is 3.45. The zero-order chi connectivity index (χ0) is 26.2. The smallest absolute Gasteiger partial charge is 0.410 e. The van der Waals surface area contributed by atoms with Crippen molar-refractivity contribution in [2.45, 2.75) is 45.3 Å². The third-order valence-corrected chi connectivity index (χ3v) is 6.75. The number of amides is 1. The van der Waals surface area contributed by atoms with Gasteiger partial charge in [-0.3, -0.25) is 4.40 Å². The summed E-state index contributed by atoms with van der Waals surface area (Å²) in [5.41, 5.74) is 2.29. The van der Waals surface area contributed by atoms with Crippen molar-refractivity contribution in [2.24, 2.45) is 0 Å². The van der Waals surface area contributed by atoms with Gasteiger partial charge in [0.05, 0.1) is 18.5 Å². The van der Waals surface area contributed by atoms with Crippen molar-refractivity contribution in [3.8, 4) is 28.4 Å². The van der Waals surface area contributed by atoms with Crippen LogP contribution in [0.5, 0.6) is 5.75 Å². The van der Waals surface area contributed by atoms with E-state index < -0.39 is 11.4 Å². The number of ether oxygens (including phenoxy) is 2. The normalized spacial score (nSPS) is 16.1. The molecule has 1 saturated heterocycles. The van der Waals surface area contributed by atoms with Crippen LogP contribution in [-0.4, -0.2) is 62.2 Å². The Balaban J connectivity index is 1.43. The fourth-order valence-electron chi connectivity index (χ4n) is 4.37. The van der Waals surface area contributed by atoms with Crippen molar-refractivity contribution in [3.05, 3.63) is 47.9 Å². The van der Waals surface area contributed by atoms with Gasteiger partial charge < -0.3 is 19.7 Å². The Hall–Kier alpha value is -3.73. The highest BCUT2D eigenvalue weighted by Gasteiger charge is 2.28. The lowest BCUT2D eigenvalue weighted by atomic mass is 10.1. The van der Waals surface area contributed by atoms with Gasteiger partial charge in [-0.15, -0.1) is 11.3 Å². The number of nitrogens with one attached hydrogen (secondary N) is 1. The Morgan fingerprint density at radius 1 is 1.24 bits per heavy atom. The molecule has 3 aromatic heterocycles. The predicted octanol–water partition coefficient (Wildman–Crippen LogP) is 5.48. The van der Waals surface area contributed by atoms with Crippen LogP contribution in [0, 0.1) is 5.82 Å². The van der Waals surface area contributed by atoms with E-state index in [1.807, 2.05) is 42.8 Å². The van der Waals surface area contributed by atoms with Crippen LogP contribution >= 0.6 is 11.3 Å². The van der Waals surface area contributed by atoms with E-state index in [1.165, 1.54) is 24.5 Å². The minimum absolute atomic E-state index is 0.0102. The van der Waals surface area contributed by atoms with E-state index in [-0.39, 0.29) is 17.9 Å². The van der Waals surface area contributed by atoms with Gasteiger partial charge >= 0.3 is 6.09 Å². The van der Waals surface area contributed by atoms with E-state index in [2.05, 4.69) is 10.3 Å². The minimum atomic E-state index is -0.542. The number of rotatable bonds is 5. The molecule has 0 radical (unpaired) electrons. The van der Waals surface area contributed by atoms with E-state index in [0.717, 1.165) is 29.1 Å². The SMILES string of the molecule is COc1cc(-c2nc3sccn3c2-c2ccnc(N[C@@H]3CCCN(C(=O)OC(C)(C)C)C3)n2)ccc1F. The zero-order valence-electron chi connectivity index (χ0n) is 21.2. The first-order chi connectivity index (χ1) is 17.7. The standard InChI is InChI=1S/C26H29FN6O3S/c1-26(2,3)36-25(34)32-11-5-6-17(15-32)29-23-28-10-9-19(30-23)22-21(31-24-33(22)12-13-37-24)16-7-8-18(27)20(14-16)35-4/h7-10,12-14,17H,5-6,11,15H2,1-4H3,(H,28,29,30)/t17-/m1/s1. The number of halogens is 1. The van der Waals surface area contributed by atoms with E-state index in [9.17, 15) is 9.18 Å². The number of hydrogen-bond donors (Lipinski definition) is 1. The number of nitrogens with zero attached hydrogens (tertiary/aromatic N) is 5. The summed E-state index contributed by atoms with van der Waals surface area (Å²) in [6, 6.07) is 6.51. The highest BCUT2D eigenvalue weighted by Crippen LogP contribution is 2.35. The second-order valence-electron chi connectivity index (χ2n) is 9.89. The summed E-state index contributed by atoms with van der Waals surface area (Å²) in [4.78, 5) is 29.1. The molecule has 1 aliphatic rings. The number of imidazole rings is 1. The topological polar surface area (TPSA) is 93.9 Å². The molecule has 1 aromatic carbocycles. The summed E-state index contributed by atoms with van der Waals surface area (Å²) in [7, 11) is 1.44. The van der Waals surface area contributed by atoms with Gasteiger partial charge in [0.25, 0.3) is 0 Å². The number of fused-ring (bicyclic) bond motifs is 1. The van der Waals surface area contributed by atoms with Crippen LogP contribution in [0.2, 0.25) is 0 Å². The number of thiazole rings is 1. The van der Waals surface area contributed by atoms with Crippen LogP contribution in [0.3, 0.4) is 0 Å². The lowest BCUT2D eigenvalue weighted by molar-refractivity contribution is 0.0206. The molecule has 1 aliphatic heterocycles. The molecule has 37 heavy (non-hydrogen) atoms. The summed E-state index contributed by atoms with van der Waals surface area (Å²) in [5, 5.41) is 5.34. The van der Waals surface area contributed by atoms with Gasteiger partial charge in [0, 0.05) is 42.5 Å². The molecule has 4 heterocycles. The van der Waals surface area contributed by atoms with Crippen molar-refractivity contribution < 1.29 is 18.7 Å². The van der Waals surface area contributed by atoms with Crippen molar-refractivity contribution >= 4 is 28.3 Å². The number of anilines is 1. The summed E-state index contributed by atoms with van der Waals surface area (Å²) >= 11 is 1.50. The van der Waals surface area contributed by atoms with Crippen LogP contribution in [0.25, 0.3) is 27.6 Å². The Bertz CT molecular complexity index is 1430. The van der Waals surface area contributed by atoms with Gasteiger partial charge in [0.1, 0.15) is 11.3 Å². The molecule has 0 unspecified atom stereocenters. The van der Waals surface area contributed by atoms with Crippen LogP contribution in [-0.2, 0) is 4.74 Å². The highest BCUT2D eigenvalue weighted by molar-refractivity contribution is 7.15. The Morgan fingerprint density at radius 2 is 2.08 bits per heavy atom. The van der Waals surface area contributed by atoms with Crippen LogP contribution in [0.1, 0.15) is 33.6 Å². The Labute approximate surface area is 218 Å². The maximum atomic E-state index is 14.1. The molecule has 11 heteroatoms. The molecule has 9 nitrogen and oxygen atoms in total. The minimum Gasteiger partial charge on any atom is -0.494 e. The van der Waals surface area contributed by atoms with Gasteiger partial charge in [-0.25, -0.2) is 24.1 Å². The van der Waals surface area contributed by atoms with Crippen LogP contribution < -0.4 is 10.1 Å². The molecule has 1 amide bonds. The lowest BCUT2D eigenvalue weighted by Crippen LogP contribution is -2.47. The number of carbonyl (C=O) groups is 1. The molecule has 0 saturated carbocycles. The largest absolute Gasteiger partial charge is 0.494 e. The molecule has 4 aromatic rings. The molecule has 194 valence electrons. The van der Waals surface area contributed by atoms with Gasteiger partial charge in [-0.1, -0.05) is 0 Å². The maximum Gasteiger partial charge on any atom is 0.410 e. The van der Waals surface area contributed by atoms with Gasteiger partial charge in [0.15, 0.2) is 16.5 Å². The number of aromatic nitrogens is 4. The molecule has 0 spiro atoms. The summed E-state index contributed by atoms with van der Waals surface area (Å²) in [6.07, 6.45) is 5.05. The second kappa shape index (κ2) is 9.97. The second-order valence-corrected chi connectivity index (χ2v) is 10.8. The zero-order valence-corrected chi connectivity index (χ0v) is 22.0. The molecule has 0 bridgehead atoms. The quantitative estimate of drug-likeness (QED) is 0.370. The molecule has 0 aliphatic carbocycles.